The Labute approximate surface area is 150 Å². The molecule has 23 heavy (non-hydrogen) atoms. The SMILES string of the molecule is Cc1cc(S(=O)(=O)N2CSCC2C(=O)NCC(C)C)ccc1Br. The van der Waals surface area contributed by atoms with Crippen molar-refractivity contribution in [3.8, 4) is 0 Å². The first kappa shape index (κ1) is 18.8. The molecule has 0 saturated carbocycles. The molecule has 1 aliphatic rings. The zero-order chi connectivity index (χ0) is 17.2. The molecule has 0 radical (unpaired) electrons. The molecule has 0 aliphatic carbocycles. The number of rotatable bonds is 5. The maximum absolute atomic E-state index is 12.9. The number of carbonyl (C=O) groups is 1. The average Bonchev–Trinajstić information content (AvgIpc) is 2.97. The van der Waals surface area contributed by atoms with Crippen LogP contribution in [0.2, 0.25) is 0 Å². The van der Waals surface area contributed by atoms with Crippen LogP contribution in [0.25, 0.3) is 0 Å². The van der Waals surface area contributed by atoms with Gasteiger partial charge in [0.25, 0.3) is 0 Å². The minimum Gasteiger partial charge on any atom is -0.354 e. The summed E-state index contributed by atoms with van der Waals surface area (Å²) in [6, 6.07) is 4.27. The van der Waals surface area contributed by atoms with E-state index in [4.69, 9.17) is 0 Å². The van der Waals surface area contributed by atoms with Crippen LogP contribution in [-0.2, 0) is 14.8 Å². The summed E-state index contributed by atoms with van der Waals surface area (Å²) in [5, 5.41) is 2.83. The molecule has 0 aromatic heterocycles. The van der Waals surface area contributed by atoms with E-state index in [1.165, 1.54) is 16.1 Å². The van der Waals surface area contributed by atoms with Crippen molar-refractivity contribution in [3.63, 3.8) is 0 Å². The van der Waals surface area contributed by atoms with Gasteiger partial charge in [0.2, 0.25) is 15.9 Å². The number of halogens is 1. The Morgan fingerprint density at radius 1 is 1.48 bits per heavy atom. The van der Waals surface area contributed by atoms with E-state index in [2.05, 4.69) is 21.2 Å². The largest absolute Gasteiger partial charge is 0.354 e. The van der Waals surface area contributed by atoms with Crippen molar-refractivity contribution in [1.82, 2.24) is 9.62 Å². The van der Waals surface area contributed by atoms with Crippen LogP contribution in [0.1, 0.15) is 19.4 Å². The van der Waals surface area contributed by atoms with Gasteiger partial charge < -0.3 is 5.32 Å². The number of sulfonamides is 1. The molecule has 1 saturated heterocycles. The molecule has 128 valence electrons. The van der Waals surface area contributed by atoms with Crippen LogP contribution in [-0.4, -0.2) is 42.8 Å². The monoisotopic (exact) mass is 420 g/mol. The highest BCUT2D eigenvalue weighted by Gasteiger charge is 2.40. The van der Waals surface area contributed by atoms with E-state index in [0.29, 0.717) is 24.1 Å². The molecule has 1 fully saturated rings. The van der Waals surface area contributed by atoms with Crippen LogP contribution in [0.3, 0.4) is 0 Å². The second kappa shape index (κ2) is 7.55. The summed E-state index contributed by atoms with van der Waals surface area (Å²) in [6.45, 7) is 6.39. The molecule has 1 heterocycles. The molecule has 1 aliphatic heterocycles. The summed E-state index contributed by atoms with van der Waals surface area (Å²) >= 11 is 4.83. The minimum absolute atomic E-state index is 0.221. The molecule has 1 aromatic carbocycles. The van der Waals surface area contributed by atoms with Gasteiger partial charge >= 0.3 is 0 Å². The van der Waals surface area contributed by atoms with Gasteiger partial charge in [-0.2, -0.15) is 4.31 Å². The fraction of sp³-hybridized carbons (Fsp3) is 0.533. The summed E-state index contributed by atoms with van der Waals surface area (Å²) < 4.78 is 27.9. The number of carbonyl (C=O) groups excluding carboxylic acids is 1. The number of nitrogens with zero attached hydrogens (tertiary/aromatic N) is 1. The highest BCUT2D eigenvalue weighted by Crippen LogP contribution is 2.30. The Hall–Kier alpha value is -0.570. The van der Waals surface area contributed by atoms with Gasteiger partial charge in [0.15, 0.2) is 0 Å². The molecule has 1 unspecified atom stereocenters. The van der Waals surface area contributed by atoms with Crippen molar-refractivity contribution in [2.24, 2.45) is 5.92 Å². The standard InChI is InChI=1S/C15H21BrN2O3S2/c1-10(2)7-17-15(19)14-8-22-9-18(14)23(20,21)12-4-5-13(16)11(3)6-12/h4-6,10,14H,7-9H2,1-3H3,(H,17,19). The lowest BCUT2D eigenvalue weighted by Gasteiger charge is -2.23. The Kier molecular flexibility index (Phi) is 6.16. The molecule has 8 heteroatoms. The Morgan fingerprint density at radius 2 is 2.17 bits per heavy atom. The number of aryl methyl sites for hydroxylation is 1. The fourth-order valence-corrected chi connectivity index (χ4v) is 5.69. The number of thioether (sulfide) groups is 1. The second-order valence-electron chi connectivity index (χ2n) is 5.96. The van der Waals surface area contributed by atoms with Crippen molar-refractivity contribution in [3.05, 3.63) is 28.2 Å². The van der Waals surface area contributed by atoms with Crippen LogP contribution in [0, 0.1) is 12.8 Å². The number of hydrogen-bond donors (Lipinski definition) is 1. The van der Waals surface area contributed by atoms with Gasteiger partial charge in [0, 0.05) is 16.8 Å². The first-order valence-electron chi connectivity index (χ1n) is 7.37. The van der Waals surface area contributed by atoms with Gasteiger partial charge in [-0.25, -0.2) is 8.42 Å². The third-order valence-corrected chi connectivity index (χ3v) is 7.48. The second-order valence-corrected chi connectivity index (χ2v) is 9.70. The molecule has 5 nitrogen and oxygen atoms in total. The number of benzene rings is 1. The van der Waals surface area contributed by atoms with Crippen LogP contribution in [0.4, 0.5) is 0 Å². The molecule has 1 N–H and O–H groups in total. The Balaban J connectivity index is 2.23. The van der Waals surface area contributed by atoms with Crippen LogP contribution in [0.5, 0.6) is 0 Å². The third-order valence-electron chi connectivity index (χ3n) is 3.57. The van der Waals surface area contributed by atoms with Gasteiger partial charge in [0.05, 0.1) is 10.8 Å². The topological polar surface area (TPSA) is 66.5 Å². The molecule has 1 aromatic rings. The van der Waals surface area contributed by atoms with E-state index in [0.717, 1.165) is 10.0 Å². The molecule has 0 bridgehead atoms. The molecule has 0 spiro atoms. The summed E-state index contributed by atoms with van der Waals surface area (Å²) in [7, 11) is -3.68. The maximum Gasteiger partial charge on any atom is 0.244 e. The van der Waals surface area contributed by atoms with E-state index in [1.54, 1.807) is 18.2 Å². The summed E-state index contributed by atoms with van der Waals surface area (Å²) in [6.07, 6.45) is 0. The zero-order valence-electron chi connectivity index (χ0n) is 13.4. The Morgan fingerprint density at radius 3 is 2.78 bits per heavy atom. The van der Waals surface area contributed by atoms with Crippen molar-refractivity contribution < 1.29 is 13.2 Å². The maximum atomic E-state index is 12.9. The summed E-state index contributed by atoms with van der Waals surface area (Å²) in [5.41, 5.74) is 0.846. The van der Waals surface area contributed by atoms with Gasteiger partial charge in [-0.1, -0.05) is 29.8 Å². The first-order valence-corrected chi connectivity index (χ1v) is 10.8. The van der Waals surface area contributed by atoms with Gasteiger partial charge in [0.1, 0.15) is 6.04 Å². The number of nitrogens with one attached hydrogen (secondary N) is 1. The lowest BCUT2D eigenvalue weighted by molar-refractivity contribution is -0.123. The average molecular weight is 421 g/mol. The quantitative estimate of drug-likeness (QED) is 0.794. The minimum atomic E-state index is -3.68. The van der Waals surface area contributed by atoms with Crippen molar-refractivity contribution in [2.75, 3.05) is 18.2 Å². The molecule has 2 rings (SSSR count). The molecular formula is C15H21BrN2O3S2. The van der Waals surface area contributed by atoms with Crippen molar-refractivity contribution in [2.45, 2.75) is 31.7 Å². The fourth-order valence-electron chi connectivity index (χ4n) is 2.21. The molecule has 1 atom stereocenters. The van der Waals surface area contributed by atoms with Crippen molar-refractivity contribution in [1.29, 1.82) is 0 Å². The number of hydrogen-bond acceptors (Lipinski definition) is 4. The summed E-state index contributed by atoms with van der Waals surface area (Å²) in [5.74, 6) is 0.892. The number of amides is 1. The highest BCUT2D eigenvalue weighted by atomic mass is 79.9. The summed E-state index contributed by atoms with van der Waals surface area (Å²) in [4.78, 5) is 12.5. The lowest BCUT2D eigenvalue weighted by Crippen LogP contribution is -2.47. The predicted octanol–water partition coefficient (Wildman–Crippen LogP) is 2.59. The highest BCUT2D eigenvalue weighted by molar-refractivity contribution is 9.10. The van der Waals surface area contributed by atoms with E-state index in [-0.39, 0.29) is 10.8 Å². The van der Waals surface area contributed by atoms with E-state index < -0.39 is 16.1 Å². The zero-order valence-corrected chi connectivity index (χ0v) is 16.6. The van der Waals surface area contributed by atoms with E-state index >= 15 is 0 Å². The predicted molar refractivity (Wildman–Crippen MR) is 96.9 cm³/mol. The van der Waals surface area contributed by atoms with Gasteiger partial charge in [-0.15, -0.1) is 11.8 Å². The van der Waals surface area contributed by atoms with Crippen molar-refractivity contribution >= 4 is 43.6 Å². The smallest absolute Gasteiger partial charge is 0.244 e. The van der Waals surface area contributed by atoms with Crippen LogP contribution in [0.15, 0.2) is 27.6 Å². The van der Waals surface area contributed by atoms with Gasteiger partial charge in [-0.3, -0.25) is 4.79 Å². The Bertz CT molecular complexity index is 692. The normalized spacial score (nSPS) is 19.3. The lowest BCUT2D eigenvalue weighted by atomic mass is 10.2. The van der Waals surface area contributed by atoms with Gasteiger partial charge in [-0.05, 0) is 36.6 Å². The van der Waals surface area contributed by atoms with E-state index in [9.17, 15) is 13.2 Å². The molecule has 1 amide bonds. The first-order chi connectivity index (χ1) is 10.7. The van der Waals surface area contributed by atoms with Crippen LogP contribution >= 0.6 is 27.7 Å². The van der Waals surface area contributed by atoms with Crippen LogP contribution < -0.4 is 5.32 Å². The molecular weight excluding hydrogens is 400 g/mol. The third kappa shape index (κ3) is 4.29. The van der Waals surface area contributed by atoms with E-state index in [1.807, 2.05) is 20.8 Å².